The van der Waals surface area contributed by atoms with Gasteiger partial charge in [0.25, 0.3) is 0 Å². The van der Waals surface area contributed by atoms with Gasteiger partial charge in [-0.1, -0.05) is 37.6 Å². The number of nitrogens with zero attached hydrogens (tertiary/aromatic N) is 2. The third-order valence-electron chi connectivity index (χ3n) is 4.86. The zero-order valence-electron chi connectivity index (χ0n) is 18.0. The van der Waals surface area contributed by atoms with Crippen molar-refractivity contribution in [1.29, 1.82) is 0 Å². The lowest BCUT2D eigenvalue weighted by atomic mass is 10.1. The van der Waals surface area contributed by atoms with Crippen LogP contribution >= 0.6 is 24.0 Å². The first kappa shape index (κ1) is 25.7. The van der Waals surface area contributed by atoms with Crippen molar-refractivity contribution in [2.75, 3.05) is 32.7 Å². The Morgan fingerprint density at radius 1 is 0.966 bits per heavy atom. The van der Waals surface area contributed by atoms with Gasteiger partial charge in [0.05, 0.1) is 6.54 Å². The summed E-state index contributed by atoms with van der Waals surface area (Å²) in [6.45, 7) is 10.3. The Balaban J connectivity index is 0.00000420. The van der Waals surface area contributed by atoms with Crippen LogP contribution in [0.1, 0.15) is 57.1 Å². The second kappa shape index (κ2) is 15.5. The van der Waals surface area contributed by atoms with Crippen LogP contribution in [0, 0.1) is 0 Å². The van der Waals surface area contributed by atoms with E-state index in [0.29, 0.717) is 19.5 Å². The maximum atomic E-state index is 11.7. The number of rotatable bonds is 10. The van der Waals surface area contributed by atoms with Crippen LogP contribution < -0.4 is 16.0 Å². The van der Waals surface area contributed by atoms with Gasteiger partial charge >= 0.3 is 0 Å². The summed E-state index contributed by atoms with van der Waals surface area (Å²) in [5.41, 5.74) is 2.57. The summed E-state index contributed by atoms with van der Waals surface area (Å²) in [6, 6.07) is 8.78. The van der Waals surface area contributed by atoms with Gasteiger partial charge in [0.15, 0.2) is 5.96 Å². The van der Waals surface area contributed by atoms with Crippen molar-refractivity contribution < 1.29 is 4.79 Å². The molecule has 1 aliphatic heterocycles. The molecule has 0 aliphatic carbocycles. The van der Waals surface area contributed by atoms with Gasteiger partial charge in [0.1, 0.15) is 0 Å². The lowest BCUT2D eigenvalue weighted by Gasteiger charge is -2.26. The van der Waals surface area contributed by atoms with Crippen LogP contribution in [0.5, 0.6) is 0 Å². The van der Waals surface area contributed by atoms with E-state index in [4.69, 9.17) is 0 Å². The van der Waals surface area contributed by atoms with Gasteiger partial charge in [0, 0.05) is 32.6 Å². The average molecular weight is 515 g/mol. The standard InChI is InChI=1S/C22H37N5O.HI/c1-3-13-24-21(28)12-14-25-22(23-4-2)26-17-19-8-10-20(11-9-19)18-27-15-6-5-7-16-27;/h8-11H,3-7,12-18H2,1-2H3,(H,24,28)(H2,23,25,26);1H. The summed E-state index contributed by atoms with van der Waals surface area (Å²) in [6.07, 6.45) is 5.44. The normalized spacial score (nSPS) is 14.8. The lowest BCUT2D eigenvalue weighted by molar-refractivity contribution is -0.120. The maximum absolute atomic E-state index is 11.7. The van der Waals surface area contributed by atoms with Gasteiger partial charge < -0.3 is 16.0 Å². The smallest absolute Gasteiger partial charge is 0.221 e. The van der Waals surface area contributed by atoms with E-state index in [0.717, 1.165) is 32.0 Å². The fraction of sp³-hybridized carbons (Fsp3) is 0.636. The first-order valence-corrected chi connectivity index (χ1v) is 10.8. The third kappa shape index (κ3) is 10.8. The quantitative estimate of drug-likeness (QED) is 0.254. The number of carbonyl (C=O) groups is 1. The molecule has 0 bridgehead atoms. The highest BCUT2D eigenvalue weighted by Crippen LogP contribution is 2.14. The van der Waals surface area contributed by atoms with Gasteiger partial charge in [-0.05, 0) is 50.4 Å². The summed E-state index contributed by atoms with van der Waals surface area (Å²) >= 11 is 0. The Hall–Kier alpha value is -1.35. The number of hydrogen-bond acceptors (Lipinski definition) is 3. The molecule has 6 nitrogen and oxygen atoms in total. The van der Waals surface area contributed by atoms with E-state index >= 15 is 0 Å². The van der Waals surface area contributed by atoms with E-state index in [1.165, 1.54) is 43.5 Å². The molecule has 1 heterocycles. The summed E-state index contributed by atoms with van der Waals surface area (Å²) in [7, 11) is 0. The van der Waals surface area contributed by atoms with E-state index in [1.807, 2.05) is 6.92 Å². The number of hydrogen-bond donors (Lipinski definition) is 3. The molecular weight excluding hydrogens is 477 g/mol. The highest BCUT2D eigenvalue weighted by atomic mass is 127. The number of likely N-dealkylation sites (tertiary alicyclic amines) is 1. The van der Waals surface area contributed by atoms with Crippen molar-refractivity contribution in [2.45, 2.75) is 59.0 Å². The zero-order chi connectivity index (χ0) is 20.0. The zero-order valence-corrected chi connectivity index (χ0v) is 20.3. The molecule has 0 spiro atoms. The molecule has 1 fully saturated rings. The summed E-state index contributed by atoms with van der Waals surface area (Å²) in [5.74, 6) is 0.831. The van der Waals surface area contributed by atoms with Gasteiger partial charge in [-0.3, -0.25) is 9.69 Å². The minimum atomic E-state index is 0. The number of halogens is 1. The average Bonchev–Trinajstić information content (AvgIpc) is 2.72. The van der Waals surface area contributed by atoms with Crippen molar-refractivity contribution in [3.05, 3.63) is 35.4 Å². The molecule has 29 heavy (non-hydrogen) atoms. The highest BCUT2D eigenvalue weighted by molar-refractivity contribution is 14.0. The van der Waals surface area contributed by atoms with E-state index in [2.05, 4.69) is 57.0 Å². The lowest BCUT2D eigenvalue weighted by Crippen LogP contribution is -2.39. The fourth-order valence-electron chi connectivity index (χ4n) is 3.29. The minimum absolute atomic E-state index is 0. The van der Waals surface area contributed by atoms with Crippen LogP contribution in [0.15, 0.2) is 29.3 Å². The van der Waals surface area contributed by atoms with Crippen molar-refractivity contribution in [3.63, 3.8) is 0 Å². The van der Waals surface area contributed by atoms with Crippen LogP contribution in [-0.4, -0.2) is 49.5 Å². The number of piperidine rings is 1. The summed E-state index contributed by atoms with van der Waals surface area (Å²) in [4.78, 5) is 18.9. The van der Waals surface area contributed by atoms with E-state index in [1.54, 1.807) is 0 Å². The Labute approximate surface area is 193 Å². The molecule has 7 heteroatoms. The molecule has 0 radical (unpaired) electrons. The molecule has 1 saturated heterocycles. The van der Waals surface area contributed by atoms with Crippen molar-refractivity contribution in [1.82, 2.24) is 20.9 Å². The Kier molecular flexibility index (Phi) is 13.7. The number of guanidine groups is 1. The van der Waals surface area contributed by atoms with Crippen LogP contribution in [0.2, 0.25) is 0 Å². The number of aliphatic imine (C=N–C) groups is 1. The van der Waals surface area contributed by atoms with Crippen molar-refractivity contribution in [2.24, 2.45) is 4.99 Å². The Morgan fingerprint density at radius 3 is 2.31 bits per heavy atom. The Morgan fingerprint density at radius 2 is 1.66 bits per heavy atom. The summed E-state index contributed by atoms with van der Waals surface area (Å²) in [5, 5.41) is 9.36. The van der Waals surface area contributed by atoms with Crippen LogP contribution in [-0.2, 0) is 17.9 Å². The van der Waals surface area contributed by atoms with Gasteiger partial charge in [0.2, 0.25) is 5.91 Å². The molecule has 1 aliphatic rings. The monoisotopic (exact) mass is 515 g/mol. The molecule has 3 N–H and O–H groups in total. The second-order valence-corrected chi connectivity index (χ2v) is 7.38. The molecular formula is C22H38IN5O. The second-order valence-electron chi connectivity index (χ2n) is 7.38. The van der Waals surface area contributed by atoms with Crippen LogP contribution in [0.25, 0.3) is 0 Å². The van der Waals surface area contributed by atoms with Gasteiger partial charge in [-0.15, -0.1) is 24.0 Å². The van der Waals surface area contributed by atoms with Crippen molar-refractivity contribution in [3.8, 4) is 0 Å². The Bertz CT molecular complexity index is 600. The highest BCUT2D eigenvalue weighted by Gasteiger charge is 2.10. The predicted octanol–water partition coefficient (Wildman–Crippen LogP) is 3.26. The molecule has 1 aromatic carbocycles. The molecule has 0 aromatic heterocycles. The first-order chi connectivity index (χ1) is 13.7. The molecule has 0 atom stereocenters. The van der Waals surface area contributed by atoms with Crippen LogP contribution in [0.3, 0.4) is 0 Å². The molecule has 1 aromatic rings. The first-order valence-electron chi connectivity index (χ1n) is 10.8. The van der Waals surface area contributed by atoms with Crippen LogP contribution in [0.4, 0.5) is 0 Å². The van der Waals surface area contributed by atoms with Gasteiger partial charge in [-0.25, -0.2) is 4.99 Å². The molecule has 1 amide bonds. The molecule has 2 rings (SSSR count). The number of carbonyl (C=O) groups excluding carboxylic acids is 1. The third-order valence-corrected chi connectivity index (χ3v) is 4.86. The number of benzene rings is 1. The predicted molar refractivity (Wildman–Crippen MR) is 132 cm³/mol. The van der Waals surface area contributed by atoms with Gasteiger partial charge in [-0.2, -0.15) is 0 Å². The fourth-order valence-corrected chi connectivity index (χ4v) is 3.29. The SMILES string of the molecule is CCCNC(=O)CCNC(=NCc1ccc(CN2CCCCC2)cc1)NCC.I. The largest absolute Gasteiger partial charge is 0.357 e. The molecule has 0 unspecified atom stereocenters. The number of amides is 1. The van der Waals surface area contributed by atoms with E-state index in [9.17, 15) is 4.79 Å². The van der Waals surface area contributed by atoms with E-state index in [-0.39, 0.29) is 29.9 Å². The molecule has 0 saturated carbocycles. The molecule has 164 valence electrons. The number of nitrogens with one attached hydrogen (secondary N) is 3. The maximum Gasteiger partial charge on any atom is 0.221 e. The minimum Gasteiger partial charge on any atom is -0.357 e. The van der Waals surface area contributed by atoms with Crippen molar-refractivity contribution >= 4 is 35.8 Å². The summed E-state index contributed by atoms with van der Waals surface area (Å²) < 4.78 is 0. The topological polar surface area (TPSA) is 68.8 Å². The van der Waals surface area contributed by atoms with E-state index < -0.39 is 0 Å².